The van der Waals surface area contributed by atoms with Crippen LogP contribution in [0.2, 0.25) is 0 Å². The first-order valence-electron chi connectivity index (χ1n) is 8.20. The summed E-state index contributed by atoms with van der Waals surface area (Å²) < 4.78 is 1.45. The Hall–Kier alpha value is -3.87. The van der Waals surface area contributed by atoms with E-state index < -0.39 is 5.97 Å². The van der Waals surface area contributed by atoms with Crippen LogP contribution in [-0.4, -0.2) is 30.6 Å². The second kappa shape index (κ2) is 6.45. The predicted octanol–water partition coefficient (Wildman–Crippen LogP) is 2.85. The van der Waals surface area contributed by atoms with E-state index in [2.05, 4.69) is 15.0 Å². The Kier molecular flexibility index (Phi) is 3.97. The predicted molar refractivity (Wildman–Crippen MR) is 100 cm³/mol. The number of nitrogens with zero attached hydrogens (tertiary/aromatic N) is 4. The molecule has 0 radical (unpaired) electrons. The lowest BCUT2D eigenvalue weighted by Crippen LogP contribution is -2.19. The van der Waals surface area contributed by atoms with Crippen molar-refractivity contribution < 1.29 is 9.90 Å². The van der Waals surface area contributed by atoms with Crippen LogP contribution in [0.1, 0.15) is 16.1 Å². The van der Waals surface area contributed by atoms with Crippen molar-refractivity contribution in [2.75, 3.05) is 0 Å². The summed E-state index contributed by atoms with van der Waals surface area (Å²) in [7, 11) is 0. The van der Waals surface area contributed by atoms with Crippen molar-refractivity contribution >= 4 is 17.0 Å². The van der Waals surface area contributed by atoms with Gasteiger partial charge in [0, 0.05) is 17.6 Å². The summed E-state index contributed by atoms with van der Waals surface area (Å²) in [6.07, 6.45) is 1.65. The number of aryl methyl sites for hydroxylation is 1. The lowest BCUT2D eigenvalue weighted by molar-refractivity contribution is 0.0697. The van der Waals surface area contributed by atoms with Gasteiger partial charge in [-0.2, -0.15) is 0 Å². The quantitative estimate of drug-likeness (QED) is 0.605. The molecule has 0 aliphatic rings. The normalized spacial score (nSPS) is 10.9. The van der Waals surface area contributed by atoms with Gasteiger partial charge in [-0.25, -0.2) is 14.8 Å². The van der Waals surface area contributed by atoms with Crippen LogP contribution in [0.5, 0.6) is 0 Å². The molecule has 3 aromatic heterocycles. The number of pyridine rings is 2. The maximum Gasteiger partial charge on any atom is 0.335 e. The molecule has 4 aromatic rings. The number of aromatic carboxylic acids is 1. The molecule has 0 spiro atoms. The molecule has 0 saturated heterocycles. The molecule has 7 nitrogen and oxygen atoms in total. The molecule has 0 amide bonds. The van der Waals surface area contributed by atoms with Crippen molar-refractivity contribution in [3.05, 3.63) is 82.4 Å². The van der Waals surface area contributed by atoms with Gasteiger partial charge in [0.2, 0.25) is 0 Å². The molecule has 0 atom stereocenters. The average Bonchev–Trinajstić information content (AvgIpc) is 2.68. The van der Waals surface area contributed by atoms with Crippen molar-refractivity contribution in [2.24, 2.45) is 0 Å². The SMILES string of the molecule is Cc1nc(-c2ccccn2)nc2c1ccc(=O)n2-c1ccc(C(=O)O)cc1. The van der Waals surface area contributed by atoms with Crippen LogP contribution in [0, 0.1) is 6.92 Å². The van der Waals surface area contributed by atoms with Gasteiger partial charge in [0.25, 0.3) is 5.56 Å². The standard InChI is InChI=1S/C20H14N4O3/c1-12-15-9-10-17(25)24(14-7-5-13(6-8-14)20(26)27)19(15)23-18(22-12)16-4-2-3-11-21-16/h2-11H,1H3,(H,26,27). The molecular weight excluding hydrogens is 344 g/mol. The molecule has 0 bridgehead atoms. The molecule has 0 fully saturated rings. The monoisotopic (exact) mass is 358 g/mol. The molecule has 4 rings (SSSR count). The van der Waals surface area contributed by atoms with Gasteiger partial charge in [-0.1, -0.05) is 6.07 Å². The minimum atomic E-state index is -1.03. The fraction of sp³-hybridized carbons (Fsp3) is 0.0500. The van der Waals surface area contributed by atoms with Gasteiger partial charge in [-0.15, -0.1) is 0 Å². The first kappa shape index (κ1) is 16.6. The number of carboxylic acids is 1. The van der Waals surface area contributed by atoms with Crippen LogP contribution < -0.4 is 5.56 Å². The maximum atomic E-state index is 12.6. The van der Waals surface area contributed by atoms with Gasteiger partial charge >= 0.3 is 5.97 Å². The van der Waals surface area contributed by atoms with Crippen LogP contribution in [0.4, 0.5) is 0 Å². The smallest absolute Gasteiger partial charge is 0.335 e. The Morgan fingerprint density at radius 3 is 2.44 bits per heavy atom. The van der Waals surface area contributed by atoms with Crippen LogP contribution in [0.3, 0.4) is 0 Å². The zero-order chi connectivity index (χ0) is 19.0. The third kappa shape index (κ3) is 2.95. The van der Waals surface area contributed by atoms with E-state index in [1.165, 1.54) is 22.8 Å². The molecule has 1 aromatic carbocycles. The topological polar surface area (TPSA) is 98.0 Å². The van der Waals surface area contributed by atoms with Crippen LogP contribution in [-0.2, 0) is 0 Å². The second-order valence-corrected chi connectivity index (χ2v) is 5.94. The summed E-state index contributed by atoms with van der Waals surface area (Å²) >= 11 is 0. The number of fused-ring (bicyclic) bond motifs is 1. The highest BCUT2D eigenvalue weighted by molar-refractivity contribution is 5.88. The summed E-state index contributed by atoms with van der Waals surface area (Å²) in [6.45, 7) is 1.85. The summed E-state index contributed by atoms with van der Waals surface area (Å²) in [6, 6.07) is 14.7. The highest BCUT2D eigenvalue weighted by atomic mass is 16.4. The average molecular weight is 358 g/mol. The van der Waals surface area contributed by atoms with Gasteiger partial charge < -0.3 is 5.11 Å². The molecule has 27 heavy (non-hydrogen) atoms. The van der Waals surface area contributed by atoms with Crippen molar-refractivity contribution in [2.45, 2.75) is 6.92 Å². The van der Waals surface area contributed by atoms with E-state index in [4.69, 9.17) is 5.11 Å². The van der Waals surface area contributed by atoms with Gasteiger partial charge in [0.15, 0.2) is 11.5 Å². The van der Waals surface area contributed by atoms with Gasteiger partial charge in [0.05, 0.1) is 16.9 Å². The number of hydrogen-bond acceptors (Lipinski definition) is 5. The Morgan fingerprint density at radius 1 is 1.00 bits per heavy atom. The lowest BCUT2D eigenvalue weighted by atomic mass is 10.2. The Bertz CT molecular complexity index is 1220. The van der Waals surface area contributed by atoms with Crippen LogP contribution in [0.25, 0.3) is 28.2 Å². The molecular formula is C20H14N4O3. The number of carbonyl (C=O) groups is 1. The summed E-state index contributed by atoms with van der Waals surface area (Å²) in [5, 5.41) is 9.81. The van der Waals surface area contributed by atoms with Gasteiger partial charge in [-0.3, -0.25) is 14.3 Å². The molecule has 0 aliphatic carbocycles. The minimum Gasteiger partial charge on any atom is -0.478 e. The lowest BCUT2D eigenvalue weighted by Gasteiger charge is -2.12. The number of aromatic nitrogens is 4. The molecule has 0 saturated carbocycles. The molecule has 7 heteroatoms. The largest absolute Gasteiger partial charge is 0.478 e. The van der Waals surface area contributed by atoms with E-state index in [-0.39, 0.29) is 11.1 Å². The fourth-order valence-corrected chi connectivity index (χ4v) is 2.88. The van der Waals surface area contributed by atoms with E-state index >= 15 is 0 Å². The van der Waals surface area contributed by atoms with E-state index in [0.717, 1.165) is 11.1 Å². The summed E-state index contributed by atoms with van der Waals surface area (Å²) in [5.74, 6) is -0.607. The molecule has 0 aliphatic heterocycles. The minimum absolute atomic E-state index is 0.145. The first-order chi connectivity index (χ1) is 13.0. The second-order valence-electron chi connectivity index (χ2n) is 5.94. The molecule has 0 unspecified atom stereocenters. The third-order valence-electron chi connectivity index (χ3n) is 4.21. The number of benzene rings is 1. The Labute approximate surface area is 153 Å². The number of hydrogen-bond donors (Lipinski definition) is 1. The van der Waals surface area contributed by atoms with E-state index in [1.54, 1.807) is 36.5 Å². The molecule has 132 valence electrons. The molecule has 1 N–H and O–H groups in total. The van der Waals surface area contributed by atoms with E-state index in [0.29, 0.717) is 22.9 Å². The highest BCUT2D eigenvalue weighted by Gasteiger charge is 2.13. The number of carboxylic acid groups (broad SMARTS) is 1. The molecule has 3 heterocycles. The summed E-state index contributed by atoms with van der Waals surface area (Å²) in [4.78, 5) is 37.0. The van der Waals surface area contributed by atoms with E-state index in [9.17, 15) is 9.59 Å². The zero-order valence-corrected chi connectivity index (χ0v) is 14.3. The third-order valence-corrected chi connectivity index (χ3v) is 4.21. The summed E-state index contributed by atoms with van der Waals surface area (Å²) in [5.41, 5.74) is 2.17. The Morgan fingerprint density at radius 2 is 1.78 bits per heavy atom. The van der Waals surface area contributed by atoms with Crippen molar-refractivity contribution in [3.8, 4) is 17.2 Å². The van der Waals surface area contributed by atoms with Crippen molar-refractivity contribution in [3.63, 3.8) is 0 Å². The van der Waals surface area contributed by atoms with Crippen molar-refractivity contribution in [1.29, 1.82) is 0 Å². The van der Waals surface area contributed by atoms with Gasteiger partial charge in [-0.05, 0) is 49.4 Å². The fourth-order valence-electron chi connectivity index (χ4n) is 2.88. The van der Waals surface area contributed by atoms with E-state index in [1.807, 2.05) is 13.0 Å². The highest BCUT2D eigenvalue weighted by Crippen LogP contribution is 2.21. The van der Waals surface area contributed by atoms with Crippen LogP contribution >= 0.6 is 0 Å². The van der Waals surface area contributed by atoms with Crippen molar-refractivity contribution in [1.82, 2.24) is 19.5 Å². The Balaban J connectivity index is 1.99. The first-order valence-corrected chi connectivity index (χ1v) is 8.20. The zero-order valence-electron chi connectivity index (χ0n) is 14.3. The maximum absolute atomic E-state index is 12.6. The number of rotatable bonds is 3. The van der Waals surface area contributed by atoms with Gasteiger partial charge in [0.1, 0.15) is 5.69 Å². The van der Waals surface area contributed by atoms with Crippen LogP contribution in [0.15, 0.2) is 65.6 Å².